The van der Waals surface area contributed by atoms with Gasteiger partial charge in [0.2, 0.25) is 53.2 Å². The van der Waals surface area contributed by atoms with E-state index in [1.807, 2.05) is 0 Å². The molecule has 1 saturated heterocycles. The number of aliphatic hydroxyl groups is 3. The summed E-state index contributed by atoms with van der Waals surface area (Å²) in [7, 11) is 0. The van der Waals surface area contributed by atoms with Crippen LogP contribution in [0, 0.1) is 0 Å². The van der Waals surface area contributed by atoms with Crippen molar-refractivity contribution in [1.29, 1.82) is 0 Å². The quantitative estimate of drug-likeness (QED) is 0.0434. The highest BCUT2D eigenvalue weighted by Crippen LogP contribution is 2.19. The summed E-state index contributed by atoms with van der Waals surface area (Å²) in [6.45, 7) is -1.75. The van der Waals surface area contributed by atoms with Crippen LogP contribution in [0.4, 0.5) is 0 Å². The van der Waals surface area contributed by atoms with Gasteiger partial charge in [0.25, 0.3) is 0 Å². The van der Waals surface area contributed by atoms with Crippen LogP contribution in [0.1, 0.15) is 51.0 Å². The highest BCUT2D eigenvalue weighted by atomic mass is 16.4. The van der Waals surface area contributed by atoms with Gasteiger partial charge in [-0.05, 0) is 50.3 Å². The van der Waals surface area contributed by atoms with Crippen molar-refractivity contribution < 1.29 is 73.5 Å². The van der Waals surface area contributed by atoms with Gasteiger partial charge >= 0.3 is 5.97 Å². The molecule has 8 atom stereocenters. The molecule has 61 heavy (non-hydrogen) atoms. The number of hydrogen-bond acceptors (Lipinski definition) is 15. The molecular formula is C36H54N10O15. The number of likely N-dealkylation sites (tertiary alicyclic amines) is 1. The molecule has 0 aliphatic carbocycles. The van der Waals surface area contributed by atoms with Crippen molar-refractivity contribution in [1.82, 2.24) is 36.8 Å². The zero-order chi connectivity index (χ0) is 46.0. The van der Waals surface area contributed by atoms with Gasteiger partial charge in [0.15, 0.2) is 6.04 Å². The summed E-state index contributed by atoms with van der Waals surface area (Å²) in [6.07, 6.45) is -2.45. The summed E-state index contributed by atoms with van der Waals surface area (Å²) < 4.78 is 0. The zero-order valence-corrected chi connectivity index (χ0v) is 33.2. The van der Waals surface area contributed by atoms with Crippen LogP contribution in [0.2, 0.25) is 0 Å². The van der Waals surface area contributed by atoms with Crippen LogP contribution in [0.25, 0.3) is 0 Å². The molecule has 0 unspecified atom stereocenters. The average Bonchev–Trinajstić information content (AvgIpc) is 3.70. The third-order valence-corrected chi connectivity index (χ3v) is 9.30. The molecule has 25 heteroatoms. The molecule has 0 saturated carbocycles. The minimum absolute atomic E-state index is 0.0149. The fraction of sp³-hybridized carbons (Fsp3) is 0.556. The predicted octanol–water partition coefficient (Wildman–Crippen LogP) is -7.23. The Bertz CT molecular complexity index is 1760. The van der Waals surface area contributed by atoms with Gasteiger partial charge in [-0.1, -0.05) is 12.1 Å². The largest absolute Gasteiger partial charge is 0.508 e. The molecule has 1 aromatic carbocycles. The minimum Gasteiger partial charge on any atom is -0.508 e. The molecular weight excluding hydrogens is 812 g/mol. The summed E-state index contributed by atoms with van der Waals surface area (Å²) in [4.78, 5) is 127. The molecule has 2 rings (SSSR count). The standard InChI is InChI=1S/C36H54N10O15/c1-17(49)29(36(60)61)45-34(58)25-3-2-12-46(25)35(59)24(16-48)44-33(57)23(15-47)41-28(53)14-40-31(55)22(13-18-4-6-19(50)7-5-18)43-32(56)21(9-11-27(39)52)42-30(54)20(37)8-10-26(38)51/h4-7,17,20-25,29,47-50H,2-3,8-16,37H2,1H3,(H2,38,51)(H2,39,52)(H,40,55)(H,41,53)(H,42,54)(H,43,56)(H,44,57)(H,45,58)(H,60,61)/t17-,20+,21+,22+,23+,24+,25+,29+/m1/s1. The second-order valence-corrected chi connectivity index (χ2v) is 14.1. The topological polar surface area (TPSA) is 425 Å². The number of phenolic OH excluding ortho intramolecular Hbond substituents is 1. The van der Waals surface area contributed by atoms with Gasteiger partial charge in [-0.2, -0.15) is 0 Å². The first-order valence-electron chi connectivity index (χ1n) is 19.0. The lowest BCUT2D eigenvalue weighted by molar-refractivity contribution is -0.147. The summed E-state index contributed by atoms with van der Waals surface area (Å²) in [6, 6.07) is -5.10. The van der Waals surface area contributed by atoms with Crippen molar-refractivity contribution in [3.8, 4) is 5.75 Å². The number of nitrogens with two attached hydrogens (primary N) is 3. The van der Waals surface area contributed by atoms with Crippen molar-refractivity contribution >= 4 is 59.1 Å². The number of primary amides is 2. The molecule has 25 nitrogen and oxygen atoms in total. The van der Waals surface area contributed by atoms with Gasteiger partial charge in [0.1, 0.15) is 36.0 Å². The third-order valence-electron chi connectivity index (χ3n) is 9.30. The number of aromatic hydroxyl groups is 1. The van der Waals surface area contributed by atoms with Gasteiger partial charge in [0, 0.05) is 25.8 Å². The first-order chi connectivity index (χ1) is 28.7. The highest BCUT2D eigenvalue weighted by Gasteiger charge is 2.40. The number of amides is 9. The first-order valence-corrected chi connectivity index (χ1v) is 19.0. The van der Waals surface area contributed by atoms with Crippen LogP contribution < -0.4 is 49.1 Å². The number of aliphatic carboxylic acids is 1. The van der Waals surface area contributed by atoms with E-state index in [1.165, 1.54) is 24.3 Å². The maximum absolute atomic E-state index is 13.5. The fourth-order valence-electron chi connectivity index (χ4n) is 5.94. The highest BCUT2D eigenvalue weighted by molar-refractivity contribution is 5.97. The summed E-state index contributed by atoms with van der Waals surface area (Å²) >= 11 is 0. The number of nitrogens with one attached hydrogen (secondary N) is 6. The van der Waals surface area contributed by atoms with Crippen molar-refractivity contribution in [2.45, 2.75) is 100 Å². The molecule has 0 bridgehead atoms. The maximum atomic E-state index is 13.5. The van der Waals surface area contributed by atoms with Gasteiger partial charge < -0.3 is 79.5 Å². The Labute approximate surface area is 348 Å². The predicted molar refractivity (Wildman–Crippen MR) is 208 cm³/mol. The van der Waals surface area contributed by atoms with Gasteiger partial charge in [-0.25, -0.2) is 4.79 Å². The number of rotatable bonds is 25. The van der Waals surface area contributed by atoms with E-state index in [-0.39, 0.29) is 50.8 Å². The summed E-state index contributed by atoms with van der Waals surface area (Å²) in [5.41, 5.74) is 16.6. The van der Waals surface area contributed by atoms with Gasteiger partial charge in [-0.3, -0.25) is 43.2 Å². The monoisotopic (exact) mass is 866 g/mol. The Morgan fingerprint density at radius 1 is 0.754 bits per heavy atom. The molecule has 0 radical (unpaired) electrons. The van der Waals surface area contributed by atoms with Crippen LogP contribution in [-0.2, 0) is 54.4 Å². The molecule has 1 fully saturated rings. The number of carboxylic acids is 1. The number of phenols is 1. The number of carbonyl (C=O) groups is 10. The molecule has 338 valence electrons. The van der Waals surface area contributed by atoms with E-state index in [0.717, 1.165) is 11.8 Å². The number of nitrogens with zero attached hydrogens (tertiary/aromatic N) is 1. The van der Waals surface area contributed by atoms with Crippen LogP contribution in [-0.4, -0.2) is 164 Å². The Balaban J connectivity index is 2.14. The zero-order valence-electron chi connectivity index (χ0n) is 33.2. The molecule has 0 aromatic heterocycles. The lowest BCUT2D eigenvalue weighted by Gasteiger charge is -2.29. The molecule has 1 aliphatic heterocycles. The Morgan fingerprint density at radius 3 is 1.87 bits per heavy atom. The molecule has 9 amide bonds. The SMILES string of the molecule is C[C@@H](O)[C@H](NC(=O)[C@@H]1CCCN1C(=O)[C@H](CO)NC(=O)[C@H](CO)NC(=O)CNC(=O)[C@H](Cc1ccc(O)cc1)NC(=O)[C@H](CCC(N)=O)NC(=O)[C@@H](N)CCC(N)=O)C(=O)O. The number of benzene rings is 1. The maximum Gasteiger partial charge on any atom is 0.328 e. The first kappa shape index (κ1) is 50.7. The summed E-state index contributed by atoms with van der Waals surface area (Å²) in [5.74, 6) is -10.1. The molecule has 1 aromatic rings. The van der Waals surface area contributed by atoms with E-state index in [9.17, 15) is 73.5 Å². The minimum atomic E-state index is -1.75. The lowest BCUT2D eigenvalue weighted by atomic mass is 10.0. The van der Waals surface area contributed by atoms with Crippen LogP contribution in [0.15, 0.2) is 24.3 Å². The molecule has 17 N–H and O–H groups in total. The van der Waals surface area contributed by atoms with Crippen molar-refractivity contribution in [3.05, 3.63) is 29.8 Å². The van der Waals surface area contributed by atoms with Crippen LogP contribution in [0.3, 0.4) is 0 Å². The van der Waals surface area contributed by atoms with E-state index in [2.05, 4.69) is 31.9 Å². The Hall–Kier alpha value is -6.44. The Kier molecular flexibility index (Phi) is 20.4. The molecule has 1 aliphatic rings. The average molecular weight is 867 g/mol. The lowest BCUT2D eigenvalue weighted by Crippen LogP contribution is -2.60. The van der Waals surface area contributed by atoms with Crippen molar-refractivity contribution in [2.24, 2.45) is 17.2 Å². The van der Waals surface area contributed by atoms with E-state index in [0.29, 0.717) is 12.0 Å². The smallest absolute Gasteiger partial charge is 0.328 e. The normalized spacial score (nSPS) is 16.9. The van der Waals surface area contributed by atoms with E-state index in [4.69, 9.17) is 17.2 Å². The second-order valence-electron chi connectivity index (χ2n) is 14.1. The number of aliphatic hydroxyl groups excluding tert-OH is 3. The molecule has 1 heterocycles. The Morgan fingerprint density at radius 2 is 1.31 bits per heavy atom. The van der Waals surface area contributed by atoms with E-state index in [1.54, 1.807) is 0 Å². The van der Waals surface area contributed by atoms with Crippen molar-refractivity contribution in [3.63, 3.8) is 0 Å². The van der Waals surface area contributed by atoms with Crippen LogP contribution >= 0.6 is 0 Å². The van der Waals surface area contributed by atoms with Crippen molar-refractivity contribution in [2.75, 3.05) is 26.3 Å². The van der Waals surface area contributed by atoms with Gasteiger partial charge in [-0.15, -0.1) is 0 Å². The van der Waals surface area contributed by atoms with Crippen LogP contribution in [0.5, 0.6) is 5.75 Å². The van der Waals surface area contributed by atoms with Gasteiger partial charge in [0.05, 0.1) is 31.9 Å². The van der Waals surface area contributed by atoms with E-state index >= 15 is 0 Å². The number of carboxylic acid groups (broad SMARTS) is 1. The number of carbonyl (C=O) groups excluding carboxylic acids is 9. The fourth-order valence-corrected chi connectivity index (χ4v) is 5.94. The molecule has 0 spiro atoms. The second kappa shape index (κ2) is 24.6. The van der Waals surface area contributed by atoms with E-state index < -0.39 is 127 Å². The summed E-state index contributed by atoms with van der Waals surface area (Å²) in [5, 5.41) is 62.1. The third kappa shape index (κ3) is 16.6. The number of hydrogen-bond donors (Lipinski definition) is 14.